The highest BCUT2D eigenvalue weighted by Gasteiger charge is 2.18. The number of carboxylic acid groups (broad SMARTS) is 1. The van der Waals surface area contributed by atoms with Gasteiger partial charge in [0, 0.05) is 6.54 Å². The van der Waals surface area contributed by atoms with E-state index in [0.717, 1.165) is 16.9 Å². The highest BCUT2D eigenvalue weighted by molar-refractivity contribution is 5.97. The van der Waals surface area contributed by atoms with Crippen LogP contribution in [0.25, 0.3) is 0 Å². The van der Waals surface area contributed by atoms with Gasteiger partial charge in [-0.25, -0.2) is 0 Å². The number of carbonyl (C=O) groups excluding carboxylic acids is 1. The Balaban J connectivity index is 2.15. The predicted octanol–water partition coefficient (Wildman–Crippen LogP) is 3.29. The van der Waals surface area contributed by atoms with E-state index in [2.05, 4.69) is 5.32 Å². The Kier molecular flexibility index (Phi) is 7.23. The van der Waals surface area contributed by atoms with E-state index in [1.165, 1.54) is 7.11 Å². The van der Waals surface area contributed by atoms with Crippen LogP contribution in [0.3, 0.4) is 0 Å². The zero-order chi connectivity index (χ0) is 19.8. The van der Waals surface area contributed by atoms with Crippen molar-refractivity contribution in [2.24, 2.45) is 5.92 Å². The number of methoxy groups -OCH3 is 2. The molecule has 0 spiro atoms. The Morgan fingerprint density at radius 1 is 1.07 bits per heavy atom. The zero-order valence-corrected chi connectivity index (χ0v) is 15.8. The van der Waals surface area contributed by atoms with Crippen molar-refractivity contribution in [3.8, 4) is 11.5 Å². The first-order chi connectivity index (χ1) is 13.0. The Hall–Kier alpha value is -3.02. The molecule has 2 N–H and O–H groups in total. The number of benzene rings is 2. The second-order valence-corrected chi connectivity index (χ2v) is 6.22. The maximum absolute atomic E-state index is 12.7. The number of amides is 1. The maximum Gasteiger partial charge on any atom is 0.306 e. The van der Waals surface area contributed by atoms with Gasteiger partial charge in [-0.3, -0.25) is 9.59 Å². The van der Waals surface area contributed by atoms with Gasteiger partial charge in [0.2, 0.25) is 0 Å². The number of ether oxygens (including phenoxy) is 2. The Morgan fingerprint density at radius 2 is 1.85 bits per heavy atom. The van der Waals surface area contributed by atoms with Gasteiger partial charge in [0.1, 0.15) is 11.5 Å². The molecular formula is C21H25NO5. The summed E-state index contributed by atoms with van der Waals surface area (Å²) in [5.41, 5.74) is 2.09. The molecule has 0 saturated carbocycles. The van der Waals surface area contributed by atoms with Crippen LogP contribution in [-0.4, -0.2) is 31.2 Å². The largest absolute Gasteiger partial charge is 0.497 e. The lowest BCUT2D eigenvalue weighted by Crippen LogP contribution is -2.24. The predicted molar refractivity (Wildman–Crippen MR) is 102 cm³/mol. The van der Waals surface area contributed by atoms with Gasteiger partial charge < -0.3 is 19.9 Å². The molecule has 0 radical (unpaired) electrons. The van der Waals surface area contributed by atoms with Gasteiger partial charge in [-0.05, 0) is 48.2 Å². The lowest BCUT2D eigenvalue weighted by molar-refractivity contribution is -0.141. The van der Waals surface area contributed by atoms with Gasteiger partial charge in [-0.2, -0.15) is 0 Å². The van der Waals surface area contributed by atoms with E-state index in [0.29, 0.717) is 30.7 Å². The van der Waals surface area contributed by atoms with Crippen LogP contribution in [0.15, 0.2) is 42.5 Å². The van der Waals surface area contributed by atoms with E-state index in [4.69, 9.17) is 9.47 Å². The van der Waals surface area contributed by atoms with Crippen LogP contribution in [0.1, 0.15) is 34.8 Å². The third-order valence-corrected chi connectivity index (χ3v) is 4.42. The van der Waals surface area contributed by atoms with E-state index in [1.807, 2.05) is 31.2 Å². The molecule has 1 amide bonds. The second-order valence-electron chi connectivity index (χ2n) is 6.22. The van der Waals surface area contributed by atoms with E-state index in [-0.39, 0.29) is 5.91 Å². The van der Waals surface area contributed by atoms with Crippen LogP contribution >= 0.6 is 0 Å². The van der Waals surface area contributed by atoms with Gasteiger partial charge >= 0.3 is 5.97 Å². The molecule has 1 unspecified atom stereocenters. The van der Waals surface area contributed by atoms with Crippen LogP contribution < -0.4 is 14.8 Å². The molecule has 144 valence electrons. The fourth-order valence-electron chi connectivity index (χ4n) is 2.81. The number of nitrogens with one attached hydrogen (secondary N) is 1. The van der Waals surface area contributed by atoms with Crippen molar-refractivity contribution in [1.29, 1.82) is 0 Å². The summed E-state index contributed by atoms with van der Waals surface area (Å²) in [5, 5.41) is 12.1. The number of aliphatic carboxylic acids is 1. The molecule has 27 heavy (non-hydrogen) atoms. The summed E-state index contributed by atoms with van der Waals surface area (Å²) in [7, 11) is 3.09. The maximum atomic E-state index is 12.7. The summed E-state index contributed by atoms with van der Waals surface area (Å²) in [5.74, 6) is -0.422. The molecule has 0 aliphatic carbocycles. The van der Waals surface area contributed by atoms with E-state index in [9.17, 15) is 14.7 Å². The number of rotatable bonds is 9. The van der Waals surface area contributed by atoms with Crippen molar-refractivity contribution in [1.82, 2.24) is 5.32 Å². The summed E-state index contributed by atoms with van der Waals surface area (Å²) in [6.07, 6.45) is 0.894. The number of hydrogen-bond donors (Lipinski definition) is 2. The molecule has 0 heterocycles. The highest BCUT2D eigenvalue weighted by atomic mass is 16.5. The molecular weight excluding hydrogens is 346 g/mol. The average Bonchev–Trinajstić information content (AvgIpc) is 2.69. The van der Waals surface area contributed by atoms with Crippen molar-refractivity contribution in [3.05, 3.63) is 59.2 Å². The number of hydrogen-bond acceptors (Lipinski definition) is 4. The van der Waals surface area contributed by atoms with Gasteiger partial charge in [0.25, 0.3) is 5.91 Å². The number of carboxylic acids is 1. The molecule has 0 saturated heterocycles. The third kappa shape index (κ3) is 5.48. The van der Waals surface area contributed by atoms with Crippen molar-refractivity contribution in [2.75, 3.05) is 14.2 Å². The second kappa shape index (κ2) is 9.62. The normalized spacial score (nSPS) is 11.5. The molecule has 2 aromatic rings. The molecule has 2 aromatic carbocycles. The van der Waals surface area contributed by atoms with Crippen LogP contribution in [-0.2, 0) is 17.8 Å². The van der Waals surface area contributed by atoms with E-state index < -0.39 is 11.9 Å². The minimum atomic E-state index is -0.836. The van der Waals surface area contributed by atoms with Gasteiger partial charge in [0.15, 0.2) is 0 Å². The van der Waals surface area contributed by atoms with E-state index >= 15 is 0 Å². The van der Waals surface area contributed by atoms with E-state index in [1.54, 1.807) is 25.3 Å². The smallest absolute Gasteiger partial charge is 0.306 e. The first-order valence-corrected chi connectivity index (χ1v) is 8.79. The summed E-state index contributed by atoms with van der Waals surface area (Å²) < 4.78 is 10.5. The fraction of sp³-hybridized carbons (Fsp3) is 0.333. The number of carbonyl (C=O) groups is 2. The molecule has 1 atom stereocenters. The van der Waals surface area contributed by atoms with Gasteiger partial charge in [0.05, 0.1) is 25.7 Å². The summed E-state index contributed by atoms with van der Waals surface area (Å²) in [6, 6.07) is 12.6. The lowest BCUT2D eigenvalue weighted by atomic mass is 9.95. The molecule has 0 aliphatic rings. The summed E-state index contributed by atoms with van der Waals surface area (Å²) in [4.78, 5) is 23.9. The molecule has 6 nitrogen and oxygen atoms in total. The quantitative estimate of drug-likeness (QED) is 0.707. The zero-order valence-electron chi connectivity index (χ0n) is 15.8. The average molecular weight is 371 g/mol. The fourth-order valence-corrected chi connectivity index (χ4v) is 2.81. The summed E-state index contributed by atoms with van der Waals surface area (Å²) in [6.45, 7) is 2.18. The van der Waals surface area contributed by atoms with Crippen LogP contribution in [0.2, 0.25) is 0 Å². The lowest BCUT2D eigenvalue weighted by Gasteiger charge is -2.14. The molecule has 6 heteroatoms. The minimum Gasteiger partial charge on any atom is -0.497 e. The topological polar surface area (TPSA) is 84.9 Å². The van der Waals surface area contributed by atoms with Crippen molar-refractivity contribution in [2.45, 2.75) is 26.3 Å². The molecule has 0 aromatic heterocycles. The van der Waals surface area contributed by atoms with Gasteiger partial charge in [-0.1, -0.05) is 25.1 Å². The highest BCUT2D eigenvalue weighted by Crippen LogP contribution is 2.23. The first kappa shape index (κ1) is 20.3. The standard InChI is InChI=1S/C21H25NO5/c1-4-16(21(24)25)10-14-8-9-19(27-3)18(12-14)20(23)22-13-15-6-5-7-17(11-15)26-2/h5-9,11-12,16H,4,10,13H2,1-3H3,(H,22,23)(H,24,25). The monoisotopic (exact) mass is 371 g/mol. The Labute approximate surface area is 159 Å². The van der Waals surface area contributed by atoms with Gasteiger partial charge in [-0.15, -0.1) is 0 Å². The Morgan fingerprint density at radius 3 is 2.48 bits per heavy atom. The third-order valence-electron chi connectivity index (χ3n) is 4.42. The summed E-state index contributed by atoms with van der Waals surface area (Å²) >= 11 is 0. The van der Waals surface area contributed by atoms with Crippen molar-refractivity contribution >= 4 is 11.9 Å². The van der Waals surface area contributed by atoms with Crippen LogP contribution in [0, 0.1) is 5.92 Å². The SMILES string of the molecule is CCC(Cc1ccc(OC)c(C(=O)NCc2cccc(OC)c2)c1)C(=O)O. The van der Waals surface area contributed by atoms with Crippen LogP contribution in [0.5, 0.6) is 11.5 Å². The molecule has 2 rings (SSSR count). The first-order valence-electron chi connectivity index (χ1n) is 8.79. The minimum absolute atomic E-state index is 0.278. The molecule has 0 bridgehead atoms. The van der Waals surface area contributed by atoms with Crippen molar-refractivity contribution < 1.29 is 24.2 Å². The van der Waals surface area contributed by atoms with Crippen LogP contribution in [0.4, 0.5) is 0 Å². The molecule has 0 fully saturated rings. The van der Waals surface area contributed by atoms with Crippen molar-refractivity contribution in [3.63, 3.8) is 0 Å². The Bertz CT molecular complexity index is 803. The molecule has 0 aliphatic heterocycles.